The molecule has 10 heteroatoms. The van der Waals surface area contributed by atoms with Gasteiger partial charge in [0.2, 0.25) is 17.7 Å². The molecule has 9 nitrogen and oxygen atoms in total. The molecule has 2 aromatic carbocycles. The molecule has 2 fully saturated rings. The van der Waals surface area contributed by atoms with Gasteiger partial charge in [-0.25, -0.2) is 13.4 Å². The summed E-state index contributed by atoms with van der Waals surface area (Å²) in [6.45, 7) is 5.81. The second-order valence-corrected chi connectivity index (χ2v) is 12.9. The molecule has 5 rings (SSSR count). The quantitative estimate of drug-likeness (QED) is 0.397. The number of amides is 3. The number of pyridine rings is 1. The number of sulfonamides is 1. The Balaban J connectivity index is 1.40. The van der Waals surface area contributed by atoms with Crippen molar-refractivity contribution in [1.82, 2.24) is 9.88 Å². The van der Waals surface area contributed by atoms with Crippen LogP contribution in [0.25, 0.3) is 0 Å². The van der Waals surface area contributed by atoms with Crippen LogP contribution >= 0.6 is 0 Å². The van der Waals surface area contributed by atoms with Crippen LogP contribution in [0.5, 0.6) is 0 Å². The lowest BCUT2D eigenvalue weighted by Gasteiger charge is -2.49. The van der Waals surface area contributed by atoms with Gasteiger partial charge < -0.3 is 5.32 Å². The Labute approximate surface area is 234 Å². The Kier molecular flexibility index (Phi) is 6.99. The third-order valence-electron chi connectivity index (χ3n) is 8.67. The molecule has 3 atom stereocenters. The third kappa shape index (κ3) is 4.77. The van der Waals surface area contributed by atoms with E-state index < -0.39 is 32.8 Å². The van der Waals surface area contributed by atoms with Crippen LogP contribution in [0, 0.1) is 16.7 Å². The summed E-state index contributed by atoms with van der Waals surface area (Å²) in [7, 11) is -3.89. The normalized spacial score (nSPS) is 22.6. The van der Waals surface area contributed by atoms with Gasteiger partial charge in [-0.3, -0.25) is 24.0 Å². The number of carbonyl (C=O) groups excluding carboxylic acids is 3. The minimum absolute atomic E-state index is 0.00916. The van der Waals surface area contributed by atoms with Crippen LogP contribution < -0.4 is 10.0 Å². The number of piperidine rings is 1. The lowest BCUT2D eigenvalue weighted by atomic mass is 9.62. The zero-order valence-electron chi connectivity index (χ0n) is 22.6. The van der Waals surface area contributed by atoms with Gasteiger partial charge in [-0.05, 0) is 60.2 Å². The van der Waals surface area contributed by atoms with Crippen molar-refractivity contribution in [2.75, 3.05) is 10.0 Å². The highest BCUT2D eigenvalue weighted by molar-refractivity contribution is 7.92. The summed E-state index contributed by atoms with van der Waals surface area (Å²) in [6, 6.07) is 18.8. The first-order valence-corrected chi connectivity index (χ1v) is 14.7. The Bertz CT molecular complexity index is 1540. The Morgan fingerprint density at radius 3 is 2.33 bits per heavy atom. The van der Waals surface area contributed by atoms with Crippen molar-refractivity contribution in [2.45, 2.75) is 51.0 Å². The predicted molar refractivity (Wildman–Crippen MR) is 151 cm³/mol. The fraction of sp³-hybridized carbons (Fsp3) is 0.333. The number of aromatic nitrogens is 1. The molecular formula is C30H32N4O5S. The van der Waals surface area contributed by atoms with Crippen LogP contribution in [-0.4, -0.2) is 42.1 Å². The molecule has 2 heterocycles. The van der Waals surface area contributed by atoms with Gasteiger partial charge in [0.15, 0.2) is 0 Å². The van der Waals surface area contributed by atoms with Gasteiger partial charge >= 0.3 is 0 Å². The zero-order chi connectivity index (χ0) is 28.7. The highest BCUT2D eigenvalue weighted by atomic mass is 32.2. The standard InChI is InChI=1S/C30H32N4O5S/c1-29(2)23-16-17-30(29,3)28(37)34(27(23)36)24(19-20-9-5-4-6-10-20)26(35)32-21-12-14-22(15-13-21)40(38,39)33-25-11-7-8-18-31-25/h4-15,18,23-24H,16-17,19H2,1-3H3,(H,31,33)(H,32,35). The molecule has 3 unspecified atom stereocenters. The SMILES string of the molecule is CC12CCC(C(=O)N(C(Cc3ccccc3)C(=O)Nc3ccc(S(=O)(=O)Nc4ccccn4)cc3)C1=O)C2(C)C. The molecule has 1 saturated carbocycles. The van der Waals surface area contributed by atoms with Crippen molar-refractivity contribution in [2.24, 2.45) is 16.7 Å². The molecule has 2 bridgehead atoms. The van der Waals surface area contributed by atoms with Gasteiger partial charge in [0.1, 0.15) is 11.9 Å². The average molecular weight is 561 g/mol. The van der Waals surface area contributed by atoms with Crippen LogP contribution in [0.3, 0.4) is 0 Å². The summed E-state index contributed by atoms with van der Waals surface area (Å²) in [5.74, 6) is -1.32. The van der Waals surface area contributed by atoms with Crippen molar-refractivity contribution in [3.05, 3.63) is 84.6 Å². The van der Waals surface area contributed by atoms with Crippen LogP contribution in [0.4, 0.5) is 11.5 Å². The van der Waals surface area contributed by atoms with E-state index in [1.165, 1.54) is 41.4 Å². The molecule has 1 saturated heterocycles. The minimum Gasteiger partial charge on any atom is -0.324 e. The molecular weight excluding hydrogens is 528 g/mol. The van der Waals surface area contributed by atoms with Crippen molar-refractivity contribution < 1.29 is 22.8 Å². The second kappa shape index (κ2) is 10.2. The van der Waals surface area contributed by atoms with E-state index >= 15 is 0 Å². The van der Waals surface area contributed by atoms with Crippen LogP contribution in [0.1, 0.15) is 39.2 Å². The molecule has 40 heavy (non-hydrogen) atoms. The van der Waals surface area contributed by atoms with Gasteiger partial charge in [0, 0.05) is 24.2 Å². The summed E-state index contributed by atoms with van der Waals surface area (Å²) in [5, 5.41) is 2.80. The molecule has 2 N–H and O–H groups in total. The first kappa shape index (κ1) is 27.5. The molecule has 208 valence electrons. The first-order valence-electron chi connectivity index (χ1n) is 13.2. The number of rotatable bonds is 8. The first-order chi connectivity index (χ1) is 18.9. The van der Waals surface area contributed by atoms with Crippen LogP contribution in [0.2, 0.25) is 0 Å². The fourth-order valence-electron chi connectivity index (χ4n) is 5.85. The zero-order valence-corrected chi connectivity index (χ0v) is 23.4. The van der Waals surface area contributed by atoms with Crippen LogP contribution in [0.15, 0.2) is 83.9 Å². The molecule has 1 aromatic heterocycles. The Morgan fingerprint density at radius 2 is 1.68 bits per heavy atom. The average Bonchev–Trinajstić information content (AvgIpc) is 3.11. The molecule has 1 aliphatic carbocycles. The topological polar surface area (TPSA) is 126 Å². The van der Waals surface area contributed by atoms with E-state index in [4.69, 9.17) is 0 Å². The molecule has 0 spiro atoms. The minimum atomic E-state index is -3.89. The third-order valence-corrected chi connectivity index (χ3v) is 10.0. The smallest absolute Gasteiger partial charge is 0.263 e. The molecule has 1 aliphatic heterocycles. The number of anilines is 2. The number of likely N-dealkylation sites (tertiary alicyclic amines) is 1. The fourth-order valence-corrected chi connectivity index (χ4v) is 6.85. The molecule has 3 amide bonds. The van der Waals surface area contributed by atoms with Gasteiger partial charge in [-0.1, -0.05) is 57.2 Å². The van der Waals surface area contributed by atoms with Crippen molar-refractivity contribution >= 4 is 39.3 Å². The van der Waals surface area contributed by atoms with Gasteiger partial charge in [-0.15, -0.1) is 0 Å². The van der Waals surface area contributed by atoms with Crippen molar-refractivity contribution in [3.8, 4) is 0 Å². The summed E-state index contributed by atoms with van der Waals surface area (Å²) in [5.41, 5.74) is -0.105. The maximum absolute atomic E-state index is 13.9. The van der Waals surface area contributed by atoms with E-state index in [0.29, 0.717) is 18.5 Å². The summed E-state index contributed by atoms with van der Waals surface area (Å²) < 4.78 is 27.9. The molecule has 3 aromatic rings. The highest BCUT2D eigenvalue weighted by Crippen LogP contribution is 2.60. The predicted octanol–water partition coefficient (Wildman–Crippen LogP) is 4.24. The van der Waals surface area contributed by atoms with E-state index in [0.717, 1.165) is 5.56 Å². The number of nitrogens with one attached hydrogen (secondary N) is 2. The Morgan fingerprint density at radius 1 is 1.00 bits per heavy atom. The number of hydrogen-bond acceptors (Lipinski definition) is 6. The molecule has 2 aliphatic rings. The highest BCUT2D eigenvalue weighted by Gasteiger charge is 2.65. The second-order valence-electron chi connectivity index (χ2n) is 11.2. The van der Waals surface area contributed by atoms with Gasteiger partial charge in [0.25, 0.3) is 10.0 Å². The maximum atomic E-state index is 13.9. The summed E-state index contributed by atoms with van der Waals surface area (Å²) in [6.07, 6.45) is 2.83. The van der Waals surface area contributed by atoms with E-state index in [9.17, 15) is 22.8 Å². The molecule has 0 radical (unpaired) electrons. The van der Waals surface area contributed by atoms with Gasteiger partial charge in [-0.2, -0.15) is 0 Å². The summed E-state index contributed by atoms with van der Waals surface area (Å²) >= 11 is 0. The van der Waals surface area contributed by atoms with Gasteiger partial charge in [0.05, 0.1) is 10.3 Å². The number of carbonyl (C=O) groups is 3. The maximum Gasteiger partial charge on any atom is 0.263 e. The number of benzene rings is 2. The van der Waals surface area contributed by atoms with Crippen molar-refractivity contribution in [3.63, 3.8) is 0 Å². The largest absolute Gasteiger partial charge is 0.324 e. The monoisotopic (exact) mass is 560 g/mol. The number of fused-ring (bicyclic) bond motifs is 2. The van der Waals surface area contributed by atoms with Crippen molar-refractivity contribution in [1.29, 1.82) is 0 Å². The van der Waals surface area contributed by atoms with E-state index in [1.54, 1.807) is 12.1 Å². The van der Waals surface area contributed by atoms with E-state index in [-0.39, 0.29) is 34.9 Å². The van der Waals surface area contributed by atoms with E-state index in [1.807, 2.05) is 51.1 Å². The number of imide groups is 1. The summed E-state index contributed by atoms with van der Waals surface area (Å²) in [4.78, 5) is 46.4. The van der Waals surface area contributed by atoms with E-state index in [2.05, 4.69) is 15.0 Å². The lowest BCUT2D eigenvalue weighted by Crippen LogP contribution is -2.64. The lowest BCUT2D eigenvalue weighted by molar-refractivity contribution is -0.172. The number of nitrogens with zero attached hydrogens (tertiary/aromatic N) is 2. The number of hydrogen-bond donors (Lipinski definition) is 2. The Hall–Kier alpha value is -4.05. The van der Waals surface area contributed by atoms with Crippen LogP contribution in [-0.2, 0) is 30.8 Å².